The van der Waals surface area contributed by atoms with Crippen molar-refractivity contribution in [2.75, 3.05) is 5.32 Å². The molecule has 0 aromatic carbocycles. The second kappa shape index (κ2) is 4.33. The monoisotopic (exact) mass is 246 g/mol. The van der Waals surface area contributed by atoms with E-state index in [0.29, 0.717) is 5.82 Å². The van der Waals surface area contributed by atoms with Crippen molar-refractivity contribution < 1.29 is 4.79 Å². The molecule has 0 atom stereocenters. The van der Waals surface area contributed by atoms with Crippen LogP contribution in [0.4, 0.5) is 10.6 Å². The maximum absolute atomic E-state index is 11.1. The Hall–Kier alpha value is -2.04. The highest BCUT2D eigenvalue weighted by molar-refractivity contribution is 5.90. The number of nitrogens with one attached hydrogen (secondary N) is 2. The van der Waals surface area contributed by atoms with E-state index in [-0.39, 0.29) is 5.41 Å². The topological polar surface area (TPSA) is 83.8 Å². The first kappa shape index (κ1) is 12.4. The molecule has 0 saturated carbocycles. The largest absolute Gasteiger partial charge is 0.351 e. The first-order chi connectivity index (χ1) is 8.44. The Balaban J connectivity index is 2.62. The minimum atomic E-state index is -0.596. The van der Waals surface area contributed by atoms with E-state index in [4.69, 9.17) is 5.73 Å². The number of pyridine rings is 1. The van der Waals surface area contributed by atoms with Gasteiger partial charge in [-0.3, -0.25) is 5.32 Å². The number of nitrogens with two attached hydrogens (primary N) is 1. The van der Waals surface area contributed by atoms with E-state index in [1.54, 1.807) is 0 Å². The molecule has 5 heteroatoms. The van der Waals surface area contributed by atoms with Gasteiger partial charge in [0, 0.05) is 17.1 Å². The molecule has 0 aliphatic carbocycles. The lowest BCUT2D eigenvalue weighted by Crippen LogP contribution is -2.25. The Morgan fingerprint density at radius 2 is 2.28 bits per heavy atom. The summed E-state index contributed by atoms with van der Waals surface area (Å²) in [4.78, 5) is 18.5. The molecule has 96 valence electrons. The van der Waals surface area contributed by atoms with E-state index in [1.165, 1.54) is 0 Å². The predicted molar refractivity (Wildman–Crippen MR) is 72.6 cm³/mol. The average Bonchev–Trinajstić information content (AvgIpc) is 2.74. The molecular formula is C13H18N4O. The maximum atomic E-state index is 11.1. The minimum Gasteiger partial charge on any atom is -0.351 e. The van der Waals surface area contributed by atoms with Gasteiger partial charge in [-0.15, -0.1) is 0 Å². The van der Waals surface area contributed by atoms with Gasteiger partial charge in [0.1, 0.15) is 11.5 Å². The van der Waals surface area contributed by atoms with Crippen LogP contribution in [0.3, 0.4) is 0 Å². The smallest absolute Gasteiger partial charge is 0.317 e. The van der Waals surface area contributed by atoms with Crippen LogP contribution < -0.4 is 11.1 Å². The molecule has 2 rings (SSSR count). The second-order valence-electron chi connectivity index (χ2n) is 5.03. The molecule has 2 aromatic heterocycles. The van der Waals surface area contributed by atoms with Crippen LogP contribution in [0.2, 0.25) is 0 Å². The summed E-state index contributed by atoms with van der Waals surface area (Å²) in [6, 6.07) is 3.42. The third-order valence-electron chi connectivity index (χ3n) is 3.39. The molecule has 2 amide bonds. The second-order valence-corrected chi connectivity index (χ2v) is 5.03. The number of hydrogen-bond acceptors (Lipinski definition) is 2. The highest BCUT2D eigenvalue weighted by Gasteiger charge is 2.24. The molecule has 0 radical (unpaired) electrons. The highest BCUT2D eigenvalue weighted by atomic mass is 16.2. The normalized spacial score (nSPS) is 11.7. The number of anilines is 1. The molecule has 2 aromatic rings. The number of carbonyl (C=O) groups excluding carboxylic acids is 1. The summed E-state index contributed by atoms with van der Waals surface area (Å²) >= 11 is 0. The van der Waals surface area contributed by atoms with E-state index in [0.717, 1.165) is 23.0 Å². The Bertz CT molecular complexity index is 586. The third kappa shape index (κ3) is 2.16. The van der Waals surface area contributed by atoms with Crippen molar-refractivity contribution in [2.45, 2.75) is 32.6 Å². The van der Waals surface area contributed by atoms with Crippen molar-refractivity contribution in [2.24, 2.45) is 5.73 Å². The Labute approximate surface area is 106 Å². The number of carbonyl (C=O) groups is 1. The number of hydrogen-bond donors (Lipinski definition) is 3. The lowest BCUT2D eigenvalue weighted by atomic mass is 9.82. The SMILES string of the molecule is CCC(C)(C)c1cc2cc[nH]c2nc1NC(N)=O. The molecule has 0 aliphatic rings. The van der Waals surface area contributed by atoms with Gasteiger partial charge < -0.3 is 10.7 Å². The van der Waals surface area contributed by atoms with Crippen molar-refractivity contribution in [3.8, 4) is 0 Å². The molecule has 2 heterocycles. The number of nitrogens with zero attached hydrogens (tertiary/aromatic N) is 1. The number of urea groups is 1. The summed E-state index contributed by atoms with van der Waals surface area (Å²) in [5, 5.41) is 3.63. The predicted octanol–water partition coefficient (Wildman–Crippen LogP) is 2.74. The average molecular weight is 246 g/mol. The van der Waals surface area contributed by atoms with Gasteiger partial charge in [0.05, 0.1) is 0 Å². The number of H-pyrrole nitrogens is 1. The Morgan fingerprint density at radius 3 is 2.89 bits per heavy atom. The van der Waals surface area contributed by atoms with Gasteiger partial charge in [-0.2, -0.15) is 0 Å². The molecule has 4 N–H and O–H groups in total. The standard InChI is InChI=1S/C13H18N4O/c1-4-13(2,3)9-7-8-5-6-15-10(8)16-11(9)17-12(14)18/h5-7H,4H2,1-3H3,(H4,14,15,16,17,18). The lowest BCUT2D eigenvalue weighted by Gasteiger charge is -2.25. The van der Waals surface area contributed by atoms with E-state index in [9.17, 15) is 4.79 Å². The van der Waals surface area contributed by atoms with Crippen molar-refractivity contribution in [3.05, 3.63) is 23.9 Å². The first-order valence-corrected chi connectivity index (χ1v) is 5.99. The molecule has 0 spiro atoms. The van der Waals surface area contributed by atoms with Crippen molar-refractivity contribution in [3.63, 3.8) is 0 Å². The number of primary amides is 1. The van der Waals surface area contributed by atoms with Gasteiger partial charge in [-0.05, 0) is 24.0 Å². The Kier molecular flexibility index (Phi) is 2.98. The quantitative estimate of drug-likeness (QED) is 0.778. The van der Waals surface area contributed by atoms with Gasteiger partial charge in [0.15, 0.2) is 0 Å². The van der Waals surface area contributed by atoms with Crippen LogP contribution in [0, 0.1) is 0 Å². The van der Waals surface area contributed by atoms with Crippen molar-refractivity contribution in [1.29, 1.82) is 0 Å². The molecule has 0 unspecified atom stereocenters. The summed E-state index contributed by atoms with van der Waals surface area (Å²) in [5.74, 6) is 0.532. The van der Waals surface area contributed by atoms with Gasteiger partial charge in [-0.1, -0.05) is 20.8 Å². The summed E-state index contributed by atoms with van der Waals surface area (Å²) in [6.45, 7) is 6.35. The maximum Gasteiger partial charge on any atom is 0.317 e. The third-order valence-corrected chi connectivity index (χ3v) is 3.39. The van der Waals surface area contributed by atoms with Crippen LogP contribution in [0.1, 0.15) is 32.8 Å². The zero-order chi connectivity index (χ0) is 13.3. The Morgan fingerprint density at radius 1 is 1.56 bits per heavy atom. The van der Waals surface area contributed by atoms with E-state index in [1.807, 2.05) is 18.3 Å². The van der Waals surface area contributed by atoms with Crippen LogP contribution in [0.25, 0.3) is 11.0 Å². The van der Waals surface area contributed by atoms with E-state index in [2.05, 4.69) is 36.1 Å². The molecular weight excluding hydrogens is 228 g/mol. The van der Waals surface area contributed by atoms with Crippen LogP contribution in [-0.2, 0) is 5.41 Å². The summed E-state index contributed by atoms with van der Waals surface area (Å²) in [5.41, 5.74) is 6.87. The van der Waals surface area contributed by atoms with Crippen LogP contribution in [-0.4, -0.2) is 16.0 Å². The number of rotatable bonds is 3. The van der Waals surface area contributed by atoms with Crippen LogP contribution >= 0.6 is 0 Å². The minimum absolute atomic E-state index is 0.0732. The van der Waals surface area contributed by atoms with Gasteiger partial charge in [0.2, 0.25) is 0 Å². The van der Waals surface area contributed by atoms with E-state index >= 15 is 0 Å². The van der Waals surface area contributed by atoms with Crippen LogP contribution in [0.15, 0.2) is 18.3 Å². The molecule has 5 nitrogen and oxygen atoms in total. The van der Waals surface area contributed by atoms with Gasteiger partial charge >= 0.3 is 6.03 Å². The molecule has 0 fully saturated rings. The zero-order valence-corrected chi connectivity index (χ0v) is 10.9. The number of aromatic amines is 1. The molecule has 0 bridgehead atoms. The van der Waals surface area contributed by atoms with Gasteiger partial charge in [-0.25, -0.2) is 9.78 Å². The summed E-state index contributed by atoms with van der Waals surface area (Å²) in [6.07, 6.45) is 2.77. The number of aromatic nitrogens is 2. The zero-order valence-electron chi connectivity index (χ0n) is 10.9. The first-order valence-electron chi connectivity index (χ1n) is 5.99. The number of fused-ring (bicyclic) bond motifs is 1. The van der Waals surface area contributed by atoms with Crippen LogP contribution in [0.5, 0.6) is 0 Å². The lowest BCUT2D eigenvalue weighted by molar-refractivity contribution is 0.259. The van der Waals surface area contributed by atoms with Crippen molar-refractivity contribution >= 4 is 22.9 Å². The van der Waals surface area contributed by atoms with E-state index < -0.39 is 6.03 Å². The van der Waals surface area contributed by atoms with Crippen molar-refractivity contribution in [1.82, 2.24) is 9.97 Å². The fourth-order valence-electron chi connectivity index (χ4n) is 1.90. The summed E-state index contributed by atoms with van der Waals surface area (Å²) < 4.78 is 0. The molecule has 0 aliphatic heterocycles. The highest BCUT2D eigenvalue weighted by Crippen LogP contribution is 2.33. The fourth-order valence-corrected chi connectivity index (χ4v) is 1.90. The molecule has 18 heavy (non-hydrogen) atoms. The van der Waals surface area contributed by atoms with Gasteiger partial charge in [0.25, 0.3) is 0 Å². The summed E-state index contributed by atoms with van der Waals surface area (Å²) in [7, 11) is 0. The fraction of sp³-hybridized carbons (Fsp3) is 0.385. The molecule has 0 saturated heterocycles. The number of amides is 2.